The zero-order valence-corrected chi connectivity index (χ0v) is 35.7. The molecule has 0 radical (unpaired) electrons. The maximum Gasteiger partial charge on any atom is 0.410 e. The summed E-state index contributed by atoms with van der Waals surface area (Å²) in [5.74, 6) is -3.06. The highest BCUT2D eigenvalue weighted by Gasteiger charge is 2.55. The van der Waals surface area contributed by atoms with Crippen LogP contribution in [-0.4, -0.2) is 113 Å². The van der Waals surface area contributed by atoms with Gasteiger partial charge in [0.05, 0.1) is 6.04 Å². The molecule has 4 amide bonds. The van der Waals surface area contributed by atoms with E-state index in [4.69, 9.17) is 15.3 Å². The van der Waals surface area contributed by atoms with Gasteiger partial charge in [0.1, 0.15) is 22.7 Å². The van der Waals surface area contributed by atoms with Gasteiger partial charge in [-0.2, -0.15) is 9.36 Å². The lowest BCUT2D eigenvalue weighted by molar-refractivity contribution is -0.150. The third-order valence-electron chi connectivity index (χ3n) is 10.9. The quantitative estimate of drug-likeness (QED) is 0.0614. The maximum absolute atomic E-state index is 14.3. The molecule has 3 saturated heterocycles. The van der Waals surface area contributed by atoms with Gasteiger partial charge in [0.2, 0.25) is 23.0 Å². The number of fused-ring (bicyclic) bond motifs is 1. The number of nitrogens with one attached hydrogen (secondary N) is 1. The predicted octanol–water partition coefficient (Wildman–Crippen LogP) is 4.74. The van der Waals surface area contributed by atoms with Gasteiger partial charge in [-0.15, -0.1) is 11.8 Å². The van der Waals surface area contributed by atoms with Gasteiger partial charge in [-0.25, -0.2) is 9.59 Å². The van der Waals surface area contributed by atoms with E-state index in [2.05, 4.69) is 19.8 Å². The Morgan fingerprint density at radius 1 is 0.935 bits per heavy atom. The minimum atomic E-state index is -1.36. The number of nitrogens with zero attached hydrogens (tertiary/aromatic N) is 6. The number of ether oxygens (including phenoxy) is 1. The van der Waals surface area contributed by atoms with E-state index in [-0.39, 0.29) is 40.1 Å². The number of allylic oxidation sites excluding steroid dienone is 1. The number of carbonyl (C=O) groups excluding carboxylic acids is 4. The van der Waals surface area contributed by atoms with Crippen LogP contribution in [0.2, 0.25) is 0 Å². The van der Waals surface area contributed by atoms with Crippen LogP contribution in [0.4, 0.5) is 9.93 Å². The predicted molar refractivity (Wildman–Crippen MR) is 231 cm³/mol. The van der Waals surface area contributed by atoms with Crippen LogP contribution in [-0.2, 0) is 34.4 Å². The lowest BCUT2D eigenvalue weighted by atomic mass is 9.80. The number of aromatic nitrogens is 2. The highest BCUT2D eigenvalue weighted by molar-refractivity contribution is 8.00. The molecule has 18 heteroatoms. The fourth-order valence-corrected chi connectivity index (χ4v) is 9.82. The molecule has 5 heterocycles. The zero-order valence-electron chi connectivity index (χ0n) is 34.1. The van der Waals surface area contributed by atoms with Crippen molar-refractivity contribution in [3.05, 3.63) is 136 Å². The lowest BCUT2D eigenvalue weighted by Gasteiger charge is -2.49. The molecule has 0 aliphatic carbocycles. The molecule has 1 aromatic heterocycles. The number of hydrogen-bond acceptors (Lipinski definition) is 13. The number of carboxylic acid groups (broad SMARTS) is 1. The highest BCUT2D eigenvalue weighted by Crippen LogP contribution is 2.43. The lowest BCUT2D eigenvalue weighted by Crippen LogP contribution is -2.71. The van der Waals surface area contributed by atoms with E-state index < -0.39 is 46.5 Å². The second kappa shape index (κ2) is 17.1. The molecule has 3 fully saturated rings. The molecule has 0 saturated carbocycles. The van der Waals surface area contributed by atoms with Gasteiger partial charge in [0, 0.05) is 59.2 Å². The van der Waals surface area contributed by atoms with E-state index >= 15 is 0 Å². The smallest absolute Gasteiger partial charge is 0.410 e. The minimum Gasteiger partial charge on any atom is -0.477 e. The Morgan fingerprint density at radius 2 is 1.55 bits per heavy atom. The first-order valence-corrected chi connectivity index (χ1v) is 21.8. The fourth-order valence-electron chi connectivity index (χ4n) is 8.08. The summed E-state index contributed by atoms with van der Waals surface area (Å²) in [6, 6.07) is 26.9. The van der Waals surface area contributed by atoms with E-state index in [0.717, 1.165) is 16.4 Å². The van der Waals surface area contributed by atoms with Gasteiger partial charge in [-0.3, -0.25) is 19.3 Å². The van der Waals surface area contributed by atoms with E-state index in [0.29, 0.717) is 60.3 Å². The molecule has 62 heavy (non-hydrogen) atoms. The Hall–Kier alpha value is -6.53. The average molecular weight is 877 g/mol. The van der Waals surface area contributed by atoms with Crippen molar-refractivity contribution < 1.29 is 38.7 Å². The van der Waals surface area contributed by atoms with Gasteiger partial charge in [-0.05, 0) is 45.3 Å². The molecule has 0 spiro atoms. The molecule has 4 aliphatic rings. The molecule has 0 unspecified atom stereocenters. The summed E-state index contributed by atoms with van der Waals surface area (Å²) in [6.07, 6.45) is 2.09. The van der Waals surface area contributed by atoms with Gasteiger partial charge in [-0.1, -0.05) is 96.2 Å². The second-order valence-electron chi connectivity index (χ2n) is 16.1. The Balaban J connectivity index is 1.03. The molecule has 16 nitrogen and oxygen atoms in total. The van der Waals surface area contributed by atoms with Crippen molar-refractivity contribution in [1.29, 1.82) is 0 Å². The molecule has 4 N–H and O–H groups in total. The molecule has 0 bridgehead atoms. The fraction of sp³-hybridized carbons (Fsp3) is 0.318. The normalized spacial score (nSPS) is 21.2. The van der Waals surface area contributed by atoms with Crippen LogP contribution >= 0.6 is 23.3 Å². The van der Waals surface area contributed by atoms with Crippen LogP contribution in [0.15, 0.2) is 119 Å². The van der Waals surface area contributed by atoms with Gasteiger partial charge in [0.15, 0.2) is 5.13 Å². The number of thioether (sulfide) groups is 1. The number of anilines is 1. The third kappa shape index (κ3) is 8.14. The number of carboxylic acids is 1. The number of amides is 4. The number of nitrogen functional groups attached to an aromatic ring is 1. The van der Waals surface area contributed by atoms with Crippen molar-refractivity contribution in [3.63, 3.8) is 0 Å². The number of β-lactam (4-membered cyclic amide) rings is 1. The largest absolute Gasteiger partial charge is 0.477 e. The molecule has 4 aromatic rings. The van der Waals surface area contributed by atoms with Crippen molar-refractivity contribution in [1.82, 2.24) is 29.4 Å². The summed E-state index contributed by atoms with van der Waals surface area (Å²) in [7, 11) is 0. The molecule has 3 atom stereocenters. The molecule has 4 aliphatic heterocycles. The topological polar surface area (TPSA) is 210 Å². The highest BCUT2D eigenvalue weighted by atomic mass is 32.2. The molecule has 320 valence electrons. The van der Waals surface area contributed by atoms with E-state index in [1.54, 1.807) is 36.6 Å². The summed E-state index contributed by atoms with van der Waals surface area (Å²) in [6.45, 7) is 6.59. The number of rotatable bonds is 11. The van der Waals surface area contributed by atoms with Crippen LogP contribution in [0, 0.1) is 0 Å². The Labute approximate surface area is 365 Å². The van der Waals surface area contributed by atoms with Crippen LogP contribution in [0.25, 0.3) is 0 Å². The summed E-state index contributed by atoms with van der Waals surface area (Å²) in [5.41, 5.74) is 6.21. The van der Waals surface area contributed by atoms with Crippen molar-refractivity contribution in [2.75, 3.05) is 31.1 Å². The summed E-state index contributed by atoms with van der Waals surface area (Å²) >= 11 is 2.11. The van der Waals surface area contributed by atoms with Crippen molar-refractivity contribution in [2.45, 2.75) is 62.3 Å². The SMILES string of the molecule is CC(C)(C)OC(=O)N1CC[C@@H](N2CC/C(=C\C3=C(C(=O)O)N4C(=O)[C@@H](NC(=O)/C(=N\OC(c5ccccc5)(c5ccccc5)c5ccccc5)c5nsc(N)n5)[C@H]4SC3)C2=O)C1. The molecule has 8 rings (SSSR count). The number of hydrogen-bond donors (Lipinski definition) is 3. The maximum atomic E-state index is 14.3. The third-order valence-corrected chi connectivity index (χ3v) is 12.8. The number of oxime groups is 1. The van der Waals surface area contributed by atoms with Gasteiger partial charge >= 0.3 is 12.1 Å². The second-order valence-corrected chi connectivity index (χ2v) is 18.0. The average Bonchev–Trinajstić information content (AvgIpc) is 4.02. The Morgan fingerprint density at radius 3 is 2.10 bits per heavy atom. The van der Waals surface area contributed by atoms with Crippen molar-refractivity contribution >= 4 is 63.9 Å². The van der Waals surface area contributed by atoms with Crippen LogP contribution < -0.4 is 11.1 Å². The van der Waals surface area contributed by atoms with Crippen molar-refractivity contribution in [3.8, 4) is 0 Å². The number of aliphatic carboxylic acids is 1. The number of benzene rings is 3. The summed E-state index contributed by atoms with van der Waals surface area (Å²) in [5, 5.41) is 16.9. The van der Waals surface area contributed by atoms with Crippen LogP contribution in [0.1, 0.15) is 56.1 Å². The Kier molecular flexibility index (Phi) is 11.6. The first kappa shape index (κ1) is 42.2. The van der Waals surface area contributed by atoms with Gasteiger partial charge in [0.25, 0.3) is 11.8 Å². The van der Waals surface area contributed by atoms with E-state index in [1.807, 2.05) is 91.0 Å². The monoisotopic (exact) mass is 876 g/mol. The Bertz CT molecular complexity index is 2390. The van der Waals surface area contributed by atoms with Crippen LogP contribution in [0.5, 0.6) is 0 Å². The zero-order chi connectivity index (χ0) is 43.8. The standard InChI is InChI=1S/C44H44N8O8S2/c1-43(2,3)59-42(58)50-21-20-31(24-50)51-22-19-26(37(51)54)23-27-25-61-39-33(38(55)52(39)34(27)40(56)57)46-36(53)32(35-47-41(45)62-49-35)48-60-44(28-13-7-4-8-14-28,29-15-9-5-10-16-29)30-17-11-6-12-18-30/h4-18,23,31,33,39H,19-22,24-25H2,1-3H3,(H,46,53)(H,56,57)(H2,45,47,49)/b26-23+,48-32-/t31-,33-,39-/m1/s1. The number of likely N-dealkylation sites (tertiary alicyclic amines) is 2. The molecular weight excluding hydrogens is 833 g/mol. The number of carbonyl (C=O) groups is 5. The van der Waals surface area contributed by atoms with E-state index in [9.17, 15) is 29.1 Å². The molecule has 3 aromatic carbocycles. The number of nitrogens with two attached hydrogens (primary N) is 1. The molecular formula is C44H44N8O8S2. The van der Waals surface area contributed by atoms with Gasteiger partial charge < -0.3 is 35.5 Å². The summed E-state index contributed by atoms with van der Waals surface area (Å²) in [4.78, 5) is 82.5. The van der Waals surface area contributed by atoms with Crippen LogP contribution in [0.3, 0.4) is 0 Å². The first-order valence-electron chi connectivity index (χ1n) is 20.0. The first-order chi connectivity index (χ1) is 29.7. The van der Waals surface area contributed by atoms with E-state index in [1.165, 1.54) is 11.8 Å². The minimum absolute atomic E-state index is 0.0717. The summed E-state index contributed by atoms with van der Waals surface area (Å²) < 4.78 is 9.76. The van der Waals surface area contributed by atoms with Crippen molar-refractivity contribution in [2.24, 2.45) is 5.16 Å².